The molecule has 1 N–H and O–H groups in total. The van der Waals surface area contributed by atoms with Gasteiger partial charge < -0.3 is 14.6 Å². The van der Waals surface area contributed by atoms with E-state index in [9.17, 15) is 0 Å². The highest BCUT2D eigenvalue weighted by atomic mass is 16.5. The lowest BCUT2D eigenvalue weighted by atomic mass is 10.3. The SMILES string of the molecule is c1nc(COCC2CC2)c2n1CCNC2. The Morgan fingerprint density at radius 2 is 2.47 bits per heavy atom. The van der Waals surface area contributed by atoms with Crippen molar-refractivity contribution in [2.45, 2.75) is 32.5 Å². The number of hydrogen-bond acceptors (Lipinski definition) is 3. The van der Waals surface area contributed by atoms with E-state index >= 15 is 0 Å². The number of ether oxygens (including phenoxy) is 1. The minimum atomic E-state index is 0.681. The van der Waals surface area contributed by atoms with Gasteiger partial charge in [-0.1, -0.05) is 0 Å². The summed E-state index contributed by atoms with van der Waals surface area (Å²) in [6.07, 6.45) is 4.64. The van der Waals surface area contributed by atoms with Gasteiger partial charge in [0.25, 0.3) is 0 Å². The Morgan fingerprint density at radius 3 is 3.33 bits per heavy atom. The molecule has 1 aromatic rings. The lowest BCUT2D eigenvalue weighted by molar-refractivity contribution is 0.108. The molecule has 2 aliphatic rings. The molecule has 0 atom stereocenters. The van der Waals surface area contributed by atoms with Crippen LogP contribution in [0.15, 0.2) is 6.33 Å². The monoisotopic (exact) mass is 207 g/mol. The van der Waals surface area contributed by atoms with Crippen LogP contribution in [0.4, 0.5) is 0 Å². The van der Waals surface area contributed by atoms with E-state index in [0.29, 0.717) is 6.61 Å². The Kier molecular flexibility index (Phi) is 2.46. The Bertz CT molecular complexity index is 344. The van der Waals surface area contributed by atoms with E-state index in [2.05, 4.69) is 14.9 Å². The Labute approximate surface area is 89.6 Å². The van der Waals surface area contributed by atoms with Gasteiger partial charge in [-0.25, -0.2) is 4.98 Å². The molecular formula is C11H17N3O. The Balaban J connectivity index is 1.60. The summed E-state index contributed by atoms with van der Waals surface area (Å²) in [5.74, 6) is 0.835. The third-order valence-electron chi connectivity index (χ3n) is 3.14. The summed E-state index contributed by atoms with van der Waals surface area (Å²) in [4.78, 5) is 4.41. The van der Waals surface area contributed by atoms with Gasteiger partial charge in [-0.2, -0.15) is 0 Å². The molecule has 1 aliphatic heterocycles. The number of rotatable bonds is 4. The molecule has 1 fully saturated rings. The predicted molar refractivity (Wildman–Crippen MR) is 56.3 cm³/mol. The molecule has 4 heteroatoms. The van der Waals surface area contributed by atoms with E-state index in [1.807, 2.05) is 6.33 Å². The molecule has 0 saturated heterocycles. The molecular weight excluding hydrogens is 190 g/mol. The van der Waals surface area contributed by atoms with Crippen molar-refractivity contribution in [1.82, 2.24) is 14.9 Å². The van der Waals surface area contributed by atoms with Crippen molar-refractivity contribution in [3.8, 4) is 0 Å². The normalized spacial score (nSPS) is 20.3. The number of aromatic nitrogens is 2. The zero-order valence-corrected chi connectivity index (χ0v) is 8.91. The van der Waals surface area contributed by atoms with Gasteiger partial charge in [-0.3, -0.25) is 0 Å². The van der Waals surface area contributed by atoms with Crippen LogP contribution < -0.4 is 5.32 Å². The van der Waals surface area contributed by atoms with Crippen LogP contribution in [0.3, 0.4) is 0 Å². The zero-order valence-electron chi connectivity index (χ0n) is 8.91. The van der Waals surface area contributed by atoms with Crippen molar-refractivity contribution in [3.05, 3.63) is 17.7 Å². The number of nitrogens with one attached hydrogen (secondary N) is 1. The van der Waals surface area contributed by atoms with E-state index in [4.69, 9.17) is 4.74 Å². The predicted octanol–water partition coefficient (Wildman–Crippen LogP) is 0.913. The Hall–Kier alpha value is -0.870. The molecule has 3 rings (SSSR count). The molecule has 0 radical (unpaired) electrons. The van der Waals surface area contributed by atoms with Gasteiger partial charge in [0.05, 0.1) is 24.3 Å². The van der Waals surface area contributed by atoms with Crippen molar-refractivity contribution in [3.63, 3.8) is 0 Å². The van der Waals surface area contributed by atoms with Gasteiger partial charge >= 0.3 is 0 Å². The second-order valence-corrected chi connectivity index (χ2v) is 4.47. The number of hydrogen-bond donors (Lipinski definition) is 1. The number of nitrogens with zero attached hydrogens (tertiary/aromatic N) is 2. The molecule has 0 amide bonds. The lowest BCUT2D eigenvalue weighted by Gasteiger charge is -2.16. The molecule has 1 saturated carbocycles. The van der Waals surface area contributed by atoms with E-state index in [1.165, 1.54) is 18.5 Å². The summed E-state index contributed by atoms with van der Waals surface area (Å²) in [7, 11) is 0. The van der Waals surface area contributed by atoms with Crippen molar-refractivity contribution in [1.29, 1.82) is 0 Å². The molecule has 0 aromatic carbocycles. The van der Waals surface area contributed by atoms with Gasteiger partial charge in [0.1, 0.15) is 0 Å². The van der Waals surface area contributed by atoms with Crippen molar-refractivity contribution >= 4 is 0 Å². The van der Waals surface area contributed by atoms with Crippen molar-refractivity contribution < 1.29 is 4.74 Å². The highest BCUT2D eigenvalue weighted by Gasteiger charge is 2.22. The van der Waals surface area contributed by atoms with Crippen LogP contribution in [0, 0.1) is 5.92 Å². The summed E-state index contributed by atoms with van der Waals surface area (Å²) >= 11 is 0. The fourth-order valence-corrected chi connectivity index (χ4v) is 1.98. The van der Waals surface area contributed by atoms with Gasteiger partial charge in [-0.05, 0) is 18.8 Å². The van der Waals surface area contributed by atoms with Crippen molar-refractivity contribution in [2.24, 2.45) is 5.92 Å². The van der Waals surface area contributed by atoms with Gasteiger partial charge in [0, 0.05) is 26.2 Å². The summed E-state index contributed by atoms with van der Waals surface area (Å²) in [6.45, 7) is 4.61. The first-order valence-corrected chi connectivity index (χ1v) is 5.75. The van der Waals surface area contributed by atoms with Crippen molar-refractivity contribution in [2.75, 3.05) is 13.2 Å². The molecule has 0 bridgehead atoms. The second kappa shape index (κ2) is 3.94. The van der Waals surface area contributed by atoms with E-state index in [0.717, 1.165) is 37.9 Å². The molecule has 0 unspecified atom stereocenters. The molecule has 1 aliphatic carbocycles. The molecule has 15 heavy (non-hydrogen) atoms. The number of imidazole rings is 1. The maximum atomic E-state index is 5.66. The maximum Gasteiger partial charge on any atom is 0.0953 e. The first-order valence-electron chi connectivity index (χ1n) is 5.75. The van der Waals surface area contributed by atoms with E-state index < -0.39 is 0 Å². The summed E-state index contributed by atoms with van der Waals surface area (Å²) in [6, 6.07) is 0. The molecule has 82 valence electrons. The Morgan fingerprint density at radius 1 is 1.53 bits per heavy atom. The fraction of sp³-hybridized carbons (Fsp3) is 0.727. The van der Waals surface area contributed by atoms with Crippen LogP contribution in [-0.2, 0) is 24.4 Å². The van der Waals surface area contributed by atoms with Crippen LogP contribution in [0.25, 0.3) is 0 Å². The first-order chi connectivity index (χ1) is 7.43. The highest BCUT2D eigenvalue weighted by molar-refractivity contribution is 5.13. The average molecular weight is 207 g/mol. The van der Waals surface area contributed by atoms with Crippen LogP contribution in [0.1, 0.15) is 24.2 Å². The molecule has 4 nitrogen and oxygen atoms in total. The van der Waals surface area contributed by atoms with Crippen LogP contribution in [0.2, 0.25) is 0 Å². The molecule has 1 aromatic heterocycles. The largest absolute Gasteiger partial charge is 0.375 e. The highest BCUT2D eigenvalue weighted by Crippen LogP contribution is 2.29. The second-order valence-electron chi connectivity index (χ2n) is 4.47. The van der Waals surface area contributed by atoms with Gasteiger partial charge in [0.2, 0.25) is 0 Å². The zero-order chi connectivity index (χ0) is 10.1. The summed E-state index contributed by atoms with van der Waals surface area (Å²) in [5.41, 5.74) is 2.42. The lowest BCUT2D eigenvalue weighted by Crippen LogP contribution is -2.28. The summed E-state index contributed by atoms with van der Waals surface area (Å²) in [5, 5.41) is 3.36. The third-order valence-corrected chi connectivity index (χ3v) is 3.14. The van der Waals surface area contributed by atoms with Crippen LogP contribution in [-0.4, -0.2) is 22.7 Å². The summed E-state index contributed by atoms with van der Waals surface area (Å²) < 4.78 is 7.89. The maximum absolute atomic E-state index is 5.66. The smallest absolute Gasteiger partial charge is 0.0953 e. The minimum Gasteiger partial charge on any atom is -0.375 e. The third kappa shape index (κ3) is 2.06. The molecule has 2 heterocycles. The first kappa shape index (κ1) is 9.36. The standard InChI is InChI=1S/C11H17N3O/c1-2-9(1)6-15-7-10-11-5-12-3-4-14(11)8-13-10/h8-9,12H,1-7H2. The van der Waals surface area contributed by atoms with Gasteiger partial charge in [-0.15, -0.1) is 0 Å². The topological polar surface area (TPSA) is 39.1 Å². The van der Waals surface area contributed by atoms with Crippen LogP contribution in [0.5, 0.6) is 0 Å². The fourth-order valence-electron chi connectivity index (χ4n) is 1.98. The quantitative estimate of drug-likeness (QED) is 0.797. The van der Waals surface area contributed by atoms with Crippen LogP contribution >= 0.6 is 0 Å². The average Bonchev–Trinajstić information content (AvgIpc) is 3.00. The van der Waals surface area contributed by atoms with Gasteiger partial charge in [0.15, 0.2) is 0 Å². The van der Waals surface area contributed by atoms with E-state index in [1.54, 1.807) is 0 Å². The van der Waals surface area contributed by atoms with E-state index in [-0.39, 0.29) is 0 Å². The number of fused-ring (bicyclic) bond motifs is 1. The molecule has 0 spiro atoms. The minimum absolute atomic E-state index is 0.681.